The van der Waals surface area contributed by atoms with E-state index in [0.29, 0.717) is 18.9 Å². The molecule has 30 heavy (non-hydrogen) atoms. The molecule has 0 saturated carbocycles. The maximum Gasteiger partial charge on any atom is 0.254 e. The molecule has 1 heterocycles. The van der Waals surface area contributed by atoms with Crippen molar-refractivity contribution in [3.63, 3.8) is 0 Å². The van der Waals surface area contributed by atoms with Crippen LogP contribution in [0.5, 0.6) is 0 Å². The largest absolute Gasteiger partial charge is 0.341 e. The molecule has 4 rings (SSSR count). The minimum absolute atomic E-state index is 0.0340. The lowest BCUT2D eigenvalue weighted by molar-refractivity contribution is 0.0798. The highest BCUT2D eigenvalue weighted by Gasteiger charge is 2.29. The first-order chi connectivity index (χ1) is 14.6. The number of rotatable bonds is 4. The molecule has 0 N–H and O–H groups in total. The van der Waals surface area contributed by atoms with Crippen molar-refractivity contribution < 1.29 is 4.79 Å². The van der Waals surface area contributed by atoms with E-state index < -0.39 is 0 Å². The lowest BCUT2D eigenvalue weighted by Gasteiger charge is -2.28. The molecule has 1 aromatic heterocycles. The molecule has 3 aromatic rings. The summed E-state index contributed by atoms with van der Waals surface area (Å²) >= 11 is 0. The summed E-state index contributed by atoms with van der Waals surface area (Å²) in [4.78, 5) is 20.1. The summed E-state index contributed by atoms with van der Waals surface area (Å²) in [5.74, 6) is 0.389. The molecule has 2 aromatic carbocycles. The van der Waals surface area contributed by atoms with Crippen molar-refractivity contribution in [1.29, 1.82) is 5.26 Å². The van der Waals surface area contributed by atoms with Crippen molar-refractivity contribution in [3.05, 3.63) is 77.0 Å². The summed E-state index contributed by atoms with van der Waals surface area (Å²) in [6.45, 7) is 2.65. The molecule has 4 nitrogen and oxygen atoms in total. The van der Waals surface area contributed by atoms with E-state index in [0.717, 1.165) is 46.1 Å². The van der Waals surface area contributed by atoms with Crippen molar-refractivity contribution in [2.45, 2.75) is 26.2 Å². The van der Waals surface area contributed by atoms with Crippen LogP contribution in [0.1, 0.15) is 46.9 Å². The van der Waals surface area contributed by atoms with Gasteiger partial charge in [0.15, 0.2) is 0 Å². The Hall–Kier alpha value is -3.45. The molecular weight excluding hydrogens is 370 g/mol. The highest BCUT2D eigenvalue weighted by Crippen LogP contribution is 2.38. The molecule has 1 unspecified atom stereocenters. The van der Waals surface area contributed by atoms with E-state index in [9.17, 15) is 4.79 Å². The minimum Gasteiger partial charge on any atom is -0.341 e. The molecule has 0 radical (unpaired) electrons. The minimum atomic E-state index is -0.0340. The number of benzene rings is 2. The number of hydrogen-bond donors (Lipinski definition) is 0. The molecule has 0 aliphatic heterocycles. The quantitative estimate of drug-likeness (QED) is 0.599. The number of pyridine rings is 1. The van der Waals surface area contributed by atoms with Gasteiger partial charge in [-0.05, 0) is 47.6 Å². The third-order valence-corrected chi connectivity index (χ3v) is 5.68. The van der Waals surface area contributed by atoms with Gasteiger partial charge in [-0.1, -0.05) is 55.5 Å². The number of allylic oxidation sites excluding steroid dienone is 1. The predicted octanol–water partition coefficient (Wildman–Crippen LogP) is 5.34. The fourth-order valence-corrected chi connectivity index (χ4v) is 4.24. The van der Waals surface area contributed by atoms with Gasteiger partial charge in [0.05, 0.1) is 29.3 Å². The molecule has 1 aliphatic rings. The molecule has 1 amide bonds. The van der Waals surface area contributed by atoms with Crippen molar-refractivity contribution in [2.24, 2.45) is 5.92 Å². The first-order valence-electron chi connectivity index (χ1n) is 10.4. The van der Waals surface area contributed by atoms with Crippen molar-refractivity contribution in [1.82, 2.24) is 9.88 Å². The normalized spacial score (nSPS) is 16.8. The molecule has 0 fully saturated rings. The van der Waals surface area contributed by atoms with Gasteiger partial charge in [0.25, 0.3) is 5.91 Å². The van der Waals surface area contributed by atoms with Gasteiger partial charge in [-0.25, -0.2) is 4.98 Å². The fourth-order valence-electron chi connectivity index (χ4n) is 4.24. The molecule has 1 atom stereocenters. The summed E-state index contributed by atoms with van der Waals surface area (Å²) in [6, 6.07) is 20.3. The standard InChI is InChI=1S/C26H25N3O/c1-18-15-20(17-19-9-4-3-5-10-19)25-22(16-18)24(26(30)29(2)14-8-13-27)21-11-6-7-12-23(21)28-25/h3-7,9-12,17-18H,8,14-16H2,1-2H3/b20-17-. The van der Waals surface area contributed by atoms with Crippen molar-refractivity contribution in [2.75, 3.05) is 13.6 Å². The Kier molecular flexibility index (Phi) is 5.63. The fraction of sp³-hybridized carbons (Fsp3) is 0.269. The number of para-hydroxylation sites is 1. The third-order valence-electron chi connectivity index (χ3n) is 5.68. The first-order valence-corrected chi connectivity index (χ1v) is 10.4. The van der Waals surface area contributed by atoms with Crippen LogP contribution in [0.4, 0.5) is 0 Å². The second kappa shape index (κ2) is 8.51. The van der Waals surface area contributed by atoms with E-state index in [1.807, 2.05) is 42.5 Å². The van der Waals surface area contributed by atoms with Crippen molar-refractivity contribution >= 4 is 28.5 Å². The third kappa shape index (κ3) is 3.84. The van der Waals surface area contributed by atoms with Gasteiger partial charge in [0, 0.05) is 19.0 Å². The van der Waals surface area contributed by atoms with Crippen LogP contribution in [-0.2, 0) is 6.42 Å². The van der Waals surface area contributed by atoms with E-state index in [-0.39, 0.29) is 5.91 Å². The molecular formula is C26H25N3O. The van der Waals surface area contributed by atoms with Crippen LogP contribution in [0.25, 0.3) is 22.6 Å². The Morgan fingerprint density at radius 2 is 1.90 bits per heavy atom. The van der Waals surface area contributed by atoms with Crippen LogP contribution in [-0.4, -0.2) is 29.4 Å². The molecule has 0 bridgehead atoms. The number of carbonyl (C=O) groups is 1. The monoisotopic (exact) mass is 395 g/mol. The highest BCUT2D eigenvalue weighted by molar-refractivity contribution is 6.09. The SMILES string of the molecule is CC1C/C(=C/c2ccccc2)c2nc3ccccc3c(C(=O)N(C)CCC#N)c2C1. The average Bonchev–Trinajstić information content (AvgIpc) is 2.76. The number of carbonyl (C=O) groups excluding carboxylic acids is 1. The Morgan fingerprint density at radius 1 is 1.17 bits per heavy atom. The molecule has 150 valence electrons. The van der Waals surface area contributed by atoms with Crippen LogP contribution in [0, 0.1) is 17.2 Å². The Balaban J connectivity index is 1.92. The number of hydrogen-bond acceptors (Lipinski definition) is 3. The van der Waals surface area contributed by atoms with E-state index in [1.54, 1.807) is 11.9 Å². The van der Waals surface area contributed by atoms with Crippen LogP contribution in [0.15, 0.2) is 54.6 Å². The van der Waals surface area contributed by atoms with Crippen molar-refractivity contribution in [3.8, 4) is 6.07 Å². The summed E-state index contributed by atoms with van der Waals surface area (Å²) in [6.07, 6.45) is 4.28. The zero-order chi connectivity index (χ0) is 21.1. The smallest absolute Gasteiger partial charge is 0.254 e. The number of aromatic nitrogens is 1. The van der Waals surface area contributed by atoms with Gasteiger partial charge < -0.3 is 4.90 Å². The zero-order valence-electron chi connectivity index (χ0n) is 17.4. The Morgan fingerprint density at radius 3 is 2.67 bits per heavy atom. The summed E-state index contributed by atoms with van der Waals surface area (Å²) in [7, 11) is 1.77. The molecule has 4 heteroatoms. The van der Waals surface area contributed by atoms with E-state index in [1.165, 1.54) is 5.57 Å². The predicted molar refractivity (Wildman–Crippen MR) is 121 cm³/mol. The summed E-state index contributed by atoms with van der Waals surface area (Å²) in [5, 5.41) is 9.82. The van der Waals surface area contributed by atoms with E-state index in [4.69, 9.17) is 10.2 Å². The van der Waals surface area contributed by atoms with Gasteiger partial charge in [-0.15, -0.1) is 0 Å². The van der Waals surface area contributed by atoms with Crippen LogP contribution >= 0.6 is 0 Å². The van der Waals surface area contributed by atoms with Gasteiger partial charge in [0.2, 0.25) is 0 Å². The number of nitrogens with zero attached hydrogens (tertiary/aromatic N) is 3. The molecule has 1 aliphatic carbocycles. The van der Waals surface area contributed by atoms with Gasteiger partial charge in [0.1, 0.15) is 0 Å². The zero-order valence-corrected chi connectivity index (χ0v) is 17.4. The first kappa shape index (κ1) is 19.8. The summed E-state index contributed by atoms with van der Waals surface area (Å²) < 4.78 is 0. The number of fused-ring (bicyclic) bond motifs is 2. The van der Waals surface area contributed by atoms with E-state index >= 15 is 0 Å². The van der Waals surface area contributed by atoms with E-state index in [2.05, 4.69) is 31.2 Å². The Bertz CT molecular complexity index is 1160. The topological polar surface area (TPSA) is 57.0 Å². The van der Waals surface area contributed by atoms with Gasteiger partial charge in [-0.2, -0.15) is 5.26 Å². The highest BCUT2D eigenvalue weighted by atomic mass is 16.2. The van der Waals surface area contributed by atoms with Gasteiger partial charge >= 0.3 is 0 Å². The number of nitriles is 1. The number of amides is 1. The Labute approximate surface area is 177 Å². The molecule has 0 saturated heterocycles. The van der Waals surface area contributed by atoms with Crippen LogP contribution in [0.2, 0.25) is 0 Å². The average molecular weight is 396 g/mol. The maximum absolute atomic E-state index is 13.5. The second-order valence-electron chi connectivity index (χ2n) is 8.06. The van der Waals surface area contributed by atoms with Crippen LogP contribution < -0.4 is 0 Å². The lowest BCUT2D eigenvalue weighted by Crippen LogP contribution is -2.30. The molecule has 0 spiro atoms. The lowest BCUT2D eigenvalue weighted by atomic mass is 9.80. The van der Waals surface area contributed by atoms with Crippen LogP contribution in [0.3, 0.4) is 0 Å². The maximum atomic E-state index is 13.5. The summed E-state index contributed by atoms with van der Waals surface area (Å²) in [5.41, 5.74) is 5.86. The van der Waals surface area contributed by atoms with Gasteiger partial charge in [-0.3, -0.25) is 4.79 Å². The second-order valence-corrected chi connectivity index (χ2v) is 8.06.